The fourth-order valence-electron chi connectivity index (χ4n) is 10.1. The SMILES string of the molecule is CO[C@@H]1[C@@H](O[C@@H]2O[C@H](C)C(O[C@H]3C[C@@](C)(O)[C@@H](OC(=O)CC(C)C)[C@H](C)O3)[C@H](N(C)C)[C@H]2O)[C@@H](CC=O)C[C@@H](C)[C@@H](N(C)CC#Cc2cncc3ccccc23)/C=C/C[C@@H](C)OC(=O)C[C@H]1OC(C)=O. The van der Waals surface area contributed by atoms with Gasteiger partial charge in [0.15, 0.2) is 18.7 Å². The van der Waals surface area contributed by atoms with Gasteiger partial charge in [-0.15, -0.1) is 0 Å². The maximum absolute atomic E-state index is 13.6. The minimum absolute atomic E-state index is 0.0245. The highest BCUT2D eigenvalue weighted by Crippen LogP contribution is 2.38. The van der Waals surface area contributed by atoms with Crippen molar-refractivity contribution in [2.24, 2.45) is 17.8 Å². The molecule has 5 rings (SSSR count). The number of methoxy groups -OCH3 is 1. The molecule has 70 heavy (non-hydrogen) atoms. The number of carbonyl (C=O) groups is 4. The monoisotopic (exact) mass is 980 g/mol. The second kappa shape index (κ2) is 25.9. The Kier molecular flexibility index (Phi) is 20.9. The zero-order chi connectivity index (χ0) is 51.4. The number of cyclic esters (lactones) is 1. The lowest BCUT2D eigenvalue weighted by Crippen LogP contribution is -2.66. The molecule has 388 valence electrons. The van der Waals surface area contributed by atoms with Crippen LogP contribution >= 0.6 is 0 Å². The Morgan fingerprint density at radius 2 is 1.74 bits per heavy atom. The summed E-state index contributed by atoms with van der Waals surface area (Å²) in [6, 6.07) is 6.93. The number of likely N-dealkylation sites (N-methyl/N-ethyl adjacent to an activating group) is 2. The molecule has 17 nitrogen and oxygen atoms in total. The number of aliphatic hydroxyl groups excluding tert-OH is 1. The van der Waals surface area contributed by atoms with Gasteiger partial charge in [-0.3, -0.25) is 24.3 Å². The van der Waals surface area contributed by atoms with Gasteiger partial charge in [0.2, 0.25) is 0 Å². The lowest BCUT2D eigenvalue weighted by molar-refractivity contribution is -0.344. The average molecular weight is 980 g/mol. The molecule has 1 aromatic carbocycles. The van der Waals surface area contributed by atoms with E-state index in [-0.39, 0.29) is 43.6 Å². The van der Waals surface area contributed by atoms with Crippen LogP contribution in [-0.2, 0) is 57.1 Å². The summed E-state index contributed by atoms with van der Waals surface area (Å²) in [4.78, 5) is 60.0. The van der Waals surface area contributed by atoms with Gasteiger partial charge in [-0.2, -0.15) is 0 Å². The summed E-state index contributed by atoms with van der Waals surface area (Å²) in [6.07, 6.45) is -2.06. The minimum atomic E-state index is -1.51. The average Bonchev–Trinajstić information content (AvgIpc) is 3.26. The van der Waals surface area contributed by atoms with Crippen LogP contribution in [0.1, 0.15) is 99.5 Å². The summed E-state index contributed by atoms with van der Waals surface area (Å²) >= 11 is 0. The maximum Gasteiger partial charge on any atom is 0.309 e. The molecule has 0 amide bonds. The number of rotatable bonds is 14. The van der Waals surface area contributed by atoms with Crippen molar-refractivity contribution >= 4 is 35.0 Å². The van der Waals surface area contributed by atoms with E-state index in [0.29, 0.717) is 19.4 Å². The summed E-state index contributed by atoms with van der Waals surface area (Å²) in [7, 11) is 6.93. The van der Waals surface area contributed by atoms with Crippen molar-refractivity contribution in [3.8, 4) is 11.8 Å². The van der Waals surface area contributed by atoms with Gasteiger partial charge < -0.3 is 57.8 Å². The number of aldehydes is 1. The Morgan fingerprint density at radius 3 is 2.40 bits per heavy atom. The molecule has 2 fully saturated rings. The van der Waals surface area contributed by atoms with E-state index in [1.807, 2.05) is 57.4 Å². The van der Waals surface area contributed by atoms with Crippen LogP contribution in [0.4, 0.5) is 0 Å². The van der Waals surface area contributed by atoms with E-state index in [9.17, 15) is 29.4 Å². The van der Waals surface area contributed by atoms with E-state index in [4.69, 9.17) is 37.9 Å². The van der Waals surface area contributed by atoms with Gasteiger partial charge in [0.05, 0.1) is 42.9 Å². The van der Waals surface area contributed by atoms with E-state index in [0.717, 1.165) is 22.6 Å². The number of nitrogens with zero attached hydrogens (tertiary/aromatic N) is 3. The topological polar surface area (TPSA) is 202 Å². The predicted molar refractivity (Wildman–Crippen MR) is 260 cm³/mol. The predicted octanol–water partition coefficient (Wildman–Crippen LogP) is 5.00. The molecule has 2 saturated heterocycles. The minimum Gasteiger partial charge on any atom is -0.462 e. The highest BCUT2D eigenvalue weighted by Gasteiger charge is 2.53. The largest absolute Gasteiger partial charge is 0.462 e. The molecule has 16 atom stereocenters. The molecule has 3 aliphatic rings. The van der Waals surface area contributed by atoms with Gasteiger partial charge in [0.25, 0.3) is 0 Å². The van der Waals surface area contributed by atoms with E-state index in [2.05, 4.69) is 34.7 Å². The molecule has 2 N–H and O–H groups in total. The van der Waals surface area contributed by atoms with Crippen LogP contribution < -0.4 is 0 Å². The highest BCUT2D eigenvalue weighted by atomic mass is 16.7. The molecule has 1 aromatic heterocycles. The van der Waals surface area contributed by atoms with Crippen LogP contribution in [0.5, 0.6) is 0 Å². The number of pyridine rings is 1. The molecule has 2 aromatic rings. The van der Waals surface area contributed by atoms with Crippen molar-refractivity contribution in [1.29, 1.82) is 0 Å². The molecular weight excluding hydrogens is 903 g/mol. The zero-order valence-electron chi connectivity index (χ0n) is 43.0. The smallest absolute Gasteiger partial charge is 0.309 e. The van der Waals surface area contributed by atoms with Crippen molar-refractivity contribution in [3.63, 3.8) is 0 Å². The number of fused-ring (bicyclic) bond motifs is 1. The molecule has 0 radical (unpaired) electrons. The van der Waals surface area contributed by atoms with Crippen molar-refractivity contribution in [2.45, 2.75) is 179 Å². The molecule has 0 bridgehead atoms. The third-order valence-electron chi connectivity index (χ3n) is 13.4. The first kappa shape index (κ1) is 56.6. The molecule has 0 aliphatic carbocycles. The molecule has 17 heteroatoms. The van der Waals surface area contributed by atoms with Gasteiger partial charge in [0.1, 0.15) is 42.4 Å². The number of hydrogen-bond donors (Lipinski definition) is 2. The second-order valence-electron chi connectivity index (χ2n) is 20.2. The van der Waals surface area contributed by atoms with Gasteiger partial charge in [-0.1, -0.05) is 69.0 Å². The Balaban J connectivity index is 1.45. The number of aromatic nitrogens is 1. The normalized spacial score (nSPS) is 35.0. The van der Waals surface area contributed by atoms with Crippen LogP contribution in [-0.4, -0.2) is 169 Å². The quantitative estimate of drug-likeness (QED) is 0.0842. The Labute approximate surface area is 413 Å². The lowest BCUT2D eigenvalue weighted by atomic mass is 9.81. The summed E-state index contributed by atoms with van der Waals surface area (Å²) in [6.45, 7) is 14.3. The van der Waals surface area contributed by atoms with Gasteiger partial charge >= 0.3 is 17.9 Å². The van der Waals surface area contributed by atoms with Crippen molar-refractivity contribution in [1.82, 2.24) is 14.8 Å². The third-order valence-corrected chi connectivity index (χ3v) is 13.4. The molecule has 4 heterocycles. The standard InChI is InChI=1S/C53H77N3O14/c1-31(2)25-43(59)68-51-35(6)65-45(28-53(51,8)62)69-48-34(5)66-52(47(61)46(48)55(9)10)70-49-37(22-24-57)26-32(3)41(56(11)23-16-19-39-30-54-29-38-18-13-14-20-40(38)39)21-15-17-33(4)64-44(60)27-42(50(49)63-12)67-36(7)58/h13-15,18,20-21,24,29-35,37,41-42,45-52,61-62H,17,22-23,25-28H2,1-12H3/b21-15+/t32-,33-,34-,35+,37+,41+,42-,45+,46-,47-,48?,49+,50+,51+,52+,53-/m1/s1. The van der Waals surface area contributed by atoms with Crippen LogP contribution in [0.2, 0.25) is 0 Å². The van der Waals surface area contributed by atoms with E-state index in [1.54, 1.807) is 52.9 Å². The van der Waals surface area contributed by atoms with Crippen LogP contribution in [0, 0.1) is 29.6 Å². The molecule has 0 spiro atoms. The first-order valence-corrected chi connectivity index (χ1v) is 24.5. The Bertz CT molecular complexity index is 2130. The Hall–Kier alpha value is -4.35. The van der Waals surface area contributed by atoms with Crippen LogP contribution in [0.25, 0.3) is 10.8 Å². The van der Waals surface area contributed by atoms with Crippen LogP contribution in [0.15, 0.2) is 48.8 Å². The third kappa shape index (κ3) is 15.1. The zero-order valence-corrected chi connectivity index (χ0v) is 43.0. The Morgan fingerprint density at radius 1 is 1.01 bits per heavy atom. The molecule has 1 unspecified atom stereocenters. The highest BCUT2D eigenvalue weighted by molar-refractivity contribution is 5.87. The van der Waals surface area contributed by atoms with Crippen molar-refractivity contribution in [2.75, 3.05) is 34.8 Å². The summed E-state index contributed by atoms with van der Waals surface area (Å²) < 4.78 is 49.6. The fraction of sp³-hybridized carbons (Fsp3) is 0.679. The second-order valence-corrected chi connectivity index (χ2v) is 20.2. The maximum atomic E-state index is 13.6. The number of carbonyl (C=O) groups excluding carboxylic acids is 4. The number of aliphatic hydroxyl groups is 2. The number of ether oxygens (including phenoxy) is 8. The fourth-order valence-corrected chi connectivity index (χ4v) is 10.1. The number of benzene rings is 1. The first-order chi connectivity index (χ1) is 33.1. The molecular formula is C53H77N3O14. The van der Waals surface area contributed by atoms with Crippen LogP contribution in [0.3, 0.4) is 0 Å². The van der Waals surface area contributed by atoms with Gasteiger partial charge in [-0.05, 0) is 73.0 Å². The van der Waals surface area contributed by atoms with Gasteiger partial charge in [0, 0.05) is 68.9 Å². The molecule has 3 aliphatic heterocycles. The van der Waals surface area contributed by atoms with Gasteiger partial charge in [-0.25, -0.2) is 0 Å². The van der Waals surface area contributed by atoms with E-state index < -0.39 is 103 Å². The van der Waals surface area contributed by atoms with Crippen molar-refractivity contribution < 1.29 is 67.3 Å². The first-order valence-electron chi connectivity index (χ1n) is 24.5. The summed E-state index contributed by atoms with van der Waals surface area (Å²) in [5, 5.41) is 25.9. The summed E-state index contributed by atoms with van der Waals surface area (Å²) in [5.74, 6) is 4.17. The lowest BCUT2D eigenvalue weighted by Gasteiger charge is -2.50. The molecule has 0 saturated carbocycles. The van der Waals surface area contributed by atoms with Crippen molar-refractivity contribution in [3.05, 3.63) is 54.4 Å². The van der Waals surface area contributed by atoms with E-state index in [1.165, 1.54) is 14.0 Å². The number of hydrogen-bond acceptors (Lipinski definition) is 17. The number of esters is 3. The summed E-state index contributed by atoms with van der Waals surface area (Å²) in [5.41, 5.74) is -0.696. The van der Waals surface area contributed by atoms with E-state index >= 15 is 0 Å².